The number of hydrogen-bond acceptors (Lipinski definition) is 10. The van der Waals surface area contributed by atoms with Crippen molar-refractivity contribution in [3.63, 3.8) is 0 Å². The number of ether oxygens (including phenoxy) is 2. The van der Waals surface area contributed by atoms with Gasteiger partial charge in [0.05, 0.1) is 24.4 Å². The van der Waals surface area contributed by atoms with Gasteiger partial charge in [0.1, 0.15) is 36.6 Å². The predicted molar refractivity (Wildman–Crippen MR) is 171 cm³/mol. The fourth-order valence-electron chi connectivity index (χ4n) is 11.3. The van der Waals surface area contributed by atoms with Crippen molar-refractivity contribution in [1.29, 1.82) is 0 Å². The van der Waals surface area contributed by atoms with Crippen LogP contribution in [0.3, 0.4) is 0 Å². The second-order valence-corrected chi connectivity index (χ2v) is 17.5. The molecule has 4 fully saturated rings. The quantitative estimate of drug-likeness (QED) is 0.181. The van der Waals surface area contributed by atoms with Crippen LogP contribution in [0.5, 0.6) is 0 Å². The Morgan fingerprint density at radius 1 is 0.891 bits per heavy atom. The van der Waals surface area contributed by atoms with Crippen LogP contribution in [0.2, 0.25) is 0 Å². The molecule has 1 saturated heterocycles. The molecule has 5 rings (SSSR count). The molecule has 0 bridgehead atoms. The highest BCUT2D eigenvalue weighted by molar-refractivity contribution is 5.30. The molecule has 0 radical (unpaired) electrons. The maximum atomic E-state index is 11.3. The molecular weight excluding hydrogens is 592 g/mol. The van der Waals surface area contributed by atoms with Gasteiger partial charge in [-0.25, -0.2) is 0 Å². The van der Waals surface area contributed by atoms with E-state index in [4.69, 9.17) is 9.47 Å². The Kier molecular flexibility index (Phi) is 9.78. The average molecular weight is 655 g/mol. The van der Waals surface area contributed by atoms with Crippen LogP contribution in [0.4, 0.5) is 0 Å². The third-order valence-corrected chi connectivity index (χ3v) is 14.6. The summed E-state index contributed by atoms with van der Waals surface area (Å²) in [5, 5.41) is 83.9. The molecule has 5 aliphatic rings. The average Bonchev–Trinajstić information content (AvgIpc) is 3.27. The first-order valence-corrected chi connectivity index (χ1v) is 17.6. The predicted octanol–water partition coefficient (Wildman–Crippen LogP) is 2.27. The molecule has 0 aromatic heterocycles. The number of allylic oxidation sites excluding steroid dienone is 1. The first-order chi connectivity index (χ1) is 21.2. The molecular formula is C36H62O10. The first-order valence-electron chi connectivity index (χ1n) is 17.6. The van der Waals surface area contributed by atoms with E-state index in [1.54, 1.807) is 0 Å². The van der Waals surface area contributed by atoms with Gasteiger partial charge in [-0.15, -0.1) is 0 Å². The highest BCUT2D eigenvalue weighted by Gasteiger charge is 2.68. The van der Waals surface area contributed by atoms with Crippen molar-refractivity contribution in [2.75, 3.05) is 6.61 Å². The molecule has 8 N–H and O–H groups in total. The molecule has 0 spiro atoms. The topological polar surface area (TPSA) is 180 Å². The van der Waals surface area contributed by atoms with Crippen molar-refractivity contribution in [1.82, 2.24) is 0 Å². The molecule has 0 aromatic carbocycles. The van der Waals surface area contributed by atoms with Crippen LogP contribution >= 0.6 is 0 Å². The van der Waals surface area contributed by atoms with Gasteiger partial charge in [-0.3, -0.25) is 0 Å². The number of rotatable bonds is 8. The summed E-state index contributed by atoms with van der Waals surface area (Å²) in [5.74, 6) is 0.674. The maximum absolute atomic E-state index is 11.3. The SMILES string of the molecule is C[C@@H](C1CCC2(C)C3CC=C4C(CCC(O[C@@H]5O[C@H](CO)[C@@H](O)[C@H](O)[C@H]5O)C4(C)C)C3(C)CCC12C)[C@H](O)[C@@H](O)[C@@H](O)C(C)(C)O. The van der Waals surface area contributed by atoms with Gasteiger partial charge in [0, 0.05) is 5.41 Å². The Morgan fingerprint density at radius 3 is 2.15 bits per heavy atom. The number of aliphatic hydroxyl groups is 8. The zero-order chi connectivity index (χ0) is 34.4. The first kappa shape index (κ1) is 36.6. The zero-order valence-corrected chi connectivity index (χ0v) is 29.1. The molecule has 266 valence electrons. The van der Waals surface area contributed by atoms with E-state index < -0.39 is 61.2 Å². The lowest BCUT2D eigenvalue weighted by atomic mass is 9.39. The summed E-state index contributed by atoms with van der Waals surface area (Å²) in [4.78, 5) is 0. The Morgan fingerprint density at radius 2 is 1.54 bits per heavy atom. The zero-order valence-electron chi connectivity index (χ0n) is 29.1. The van der Waals surface area contributed by atoms with Crippen LogP contribution in [-0.2, 0) is 9.47 Å². The summed E-state index contributed by atoms with van der Waals surface area (Å²) in [6.07, 6.45) is -1.84. The van der Waals surface area contributed by atoms with Gasteiger partial charge >= 0.3 is 0 Å². The van der Waals surface area contributed by atoms with Gasteiger partial charge in [0.15, 0.2) is 6.29 Å². The lowest BCUT2D eigenvalue weighted by Gasteiger charge is -2.66. The smallest absolute Gasteiger partial charge is 0.187 e. The summed E-state index contributed by atoms with van der Waals surface area (Å²) in [6.45, 7) is 16.0. The summed E-state index contributed by atoms with van der Waals surface area (Å²) in [6, 6.07) is 0. The molecule has 0 amide bonds. The van der Waals surface area contributed by atoms with Crippen LogP contribution in [0.15, 0.2) is 11.6 Å². The third kappa shape index (κ3) is 5.46. The van der Waals surface area contributed by atoms with Crippen LogP contribution < -0.4 is 0 Å². The molecule has 46 heavy (non-hydrogen) atoms. The standard InChI is InChI=1S/C36H62O10/c1-18(25(38)28(41)30(43)33(4,5)44)19-13-14-36(8)23-11-9-20-21(34(23,6)15-16-35(19,36)7)10-12-24(32(20,2)3)46-31-29(42)27(40)26(39)22(17-37)45-31/h9,18-19,21-31,37-44H,10-17H2,1-8H3/t18-,19?,21?,22+,23?,24?,25-,26+,27-,28+,29+,30+,31-,34?,35?,36?/m0/s1. The minimum Gasteiger partial charge on any atom is -0.394 e. The molecule has 4 aliphatic carbocycles. The van der Waals surface area contributed by atoms with Gasteiger partial charge < -0.3 is 50.3 Å². The molecule has 10 heteroatoms. The van der Waals surface area contributed by atoms with Crippen LogP contribution in [0.25, 0.3) is 0 Å². The van der Waals surface area contributed by atoms with Crippen molar-refractivity contribution in [3.05, 3.63) is 11.6 Å². The summed E-state index contributed by atoms with van der Waals surface area (Å²) in [5.41, 5.74) is -0.542. The van der Waals surface area contributed by atoms with Gasteiger partial charge in [0.25, 0.3) is 0 Å². The molecule has 7 unspecified atom stereocenters. The Labute approximate surface area is 274 Å². The van der Waals surface area contributed by atoms with E-state index in [-0.39, 0.29) is 39.6 Å². The highest BCUT2D eigenvalue weighted by atomic mass is 16.7. The molecule has 1 aliphatic heterocycles. The molecule has 3 saturated carbocycles. The highest BCUT2D eigenvalue weighted by Crippen LogP contribution is 2.75. The number of hydrogen-bond donors (Lipinski definition) is 8. The Balaban J connectivity index is 1.36. The van der Waals surface area contributed by atoms with E-state index in [0.29, 0.717) is 11.8 Å². The summed E-state index contributed by atoms with van der Waals surface area (Å²) in [7, 11) is 0. The van der Waals surface area contributed by atoms with Gasteiger partial charge in [-0.1, -0.05) is 53.2 Å². The monoisotopic (exact) mass is 654 g/mol. The van der Waals surface area contributed by atoms with E-state index in [1.165, 1.54) is 19.4 Å². The van der Waals surface area contributed by atoms with Crippen molar-refractivity contribution < 1.29 is 50.3 Å². The van der Waals surface area contributed by atoms with E-state index in [0.717, 1.165) is 44.9 Å². The van der Waals surface area contributed by atoms with E-state index in [1.807, 2.05) is 6.92 Å². The third-order valence-electron chi connectivity index (χ3n) is 14.6. The van der Waals surface area contributed by atoms with Crippen LogP contribution in [0, 0.1) is 45.3 Å². The lowest BCUT2D eigenvalue weighted by Crippen LogP contribution is -2.62. The van der Waals surface area contributed by atoms with E-state index in [9.17, 15) is 40.9 Å². The lowest BCUT2D eigenvalue weighted by molar-refractivity contribution is -0.320. The van der Waals surface area contributed by atoms with Crippen molar-refractivity contribution >= 4 is 0 Å². The Bertz CT molecular complexity index is 1130. The molecule has 1 heterocycles. The minimum atomic E-state index is -1.53. The second-order valence-electron chi connectivity index (χ2n) is 17.5. The van der Waals surface area contributed by atoms with Crippen molar-refractivity contribution in [3.8, 4) is 0 Å². The summed E-state index contributed by atoms with van der Waals surface area (Å²) < 4.78 is 12.1. The number of fused-ring (bicyclic) bond motifs is 5. The van der Waals surface area contributed by atoms with E-state index >= 15 is 0 Å². The molecule has 0 aromatic rings. The molecule has 10 nitrogen and oxygen atoms in total. The fourth-order valence-corrected chi connectivity index (χ4v) is 11.3. The van der Waals surface area contributed by atoms with Gasteiger partial charge in [-0.05, 0) is 98.7 Å². The van der Waals surface area contributed by atoms with Gasteiger partial charge in [0.2, 0.25) is 0 Å². The second kappa shape index (κ2) is 12.3. The number of aliphatic hydroxyl groups excluding tert-OH is 7. The fraction of sp³-hybridized carbons (Fsp3) is 0.944. The van der Waals surface area contributed by atoms with Crippen molar-refractivity contribution in [2.24, 2.45) is 45.3 Å². The largest absolute Gasteiger partial charge is 0.394 e. The van der Waals surface area contributed by atoms with Crippen LogP contribution in [0.1, 0.15) is 100 Å². The van der Waals surface area contributed by atoms with Crippen molar-refractivity contribution in [2.45, 2.75) is 161 Å². The molecule has 16 atom stereocenters. The normalized spacial score (nSPS) is 48.3. The summed E-state index contributed by atoms with van der Waals surface area (Å²) >= 11 is 0. The van der Waals surface area contributed by atoms with Crippen LogP contribution in [-0.4, -0.2) is 108 Å². The van der Waals surface area contributed by atoms with Gasteiger partial charge in [-0.2, -0.15) is 0 Å². The maximum Gasteiger partial charge on any atom is 0.187 e. The Hall–Kier alpha value is -0.660. The van der Waals surface area contributed by atoms with E-state index in [2.05, 4.69) is 40.7 Å². The minimum absolute atomic E-state index is 0.00825.